The van der Waals surface area contributed by atoms with Crippen LogP contribution in [0, 0.1) is 0 Å². The topological polar surface area (TPSA) is 88.0 Å². The quantitative estimate of drug-likeness (QED) is 0.742. The number of aliphatic hydroxyl groups is 1. The molecular formula is C14H21NO5. The lowest BCUT2D eigenvalue weighted by molar-refractivity contribution is 0.0635. The highest BCUT2D eigenvalue weighted by Crippen LogP contribution is 2.37. The molecule has 0 heterocycles. The predicted molar refractivity (Wildman–Crippen MR) is 75.1 cm³/mol. The van der Waals surface area contributed by atoms with Crippen molar-refractivity contribution in [3.05, 3.63) is 17.7 Å². The molecule has 6 nitrogen and oxygen atoms in total. The molecule has 0 saturated carbocycles. The third-order valence-corrected chi connectivity index (χ3v) is 2.44. The molecule has 3 N–H and O–H groups in total. The summed E-state index contributed by atoms with van der Waals surface area (Å²) in [6, 6.07) is 2.96. The number of phenols is 1. The molecule has 112 valence electrons. The molecule has 0 aromatic heterocycles. The highest BCUT2D eigenvalue weighted by atomic mass is 16.6. The van der Waals surface area contributed by atoms with E-state index in [2.05, 4.69) is 5.32 Å². The molecule has 0 aliphatic carbocycles. The van der Waals surface area contributed by atoms with Gasteiger partial charge in [-0.15, -0.1) is 0 Å². The van der Waals surface area contributed by atoms with Gasteiger partial charge in [0.1, 0.15) is 5.60 Å². The third-order valence-electron chi connectivity index (χ3n) is 2.44. The molecule has 1 aromatic rings. The fourth-order valence-corrected chi connectivity index (χ4v) is 1.53. The number of aromatic hydroxyl groups is 1. The highest BCUT2D eigenvalue weighted by Gasteiger charge is 2.19. The summed E-state index contributed by atoms with van der Waals surface area (Å²) < 4.78 is 10.1. The summed E-state index contributed by atoms with van der Waals surface area (Å²) >= 11 is 0. The molecule has 6 heteroatoms. The van der Waals surface area contributed by atoms with Crippen LogP contribution in [-0.2, 0) is 4.74 Å². The average Bonchev–Trinajstić information content (AvgIpc) is 2.28. The molecule has 20 heavy (non-hydrogen) atoms. The normalized spacial score (nSPS) is 12.7. The molecular weight excluding hydrogens is 262 g/mol. The van der Waals surface area contributed by atoms with E-state index in [0.29, 0.717) is 5.56 Å². The van der Waals surface area contributed by atoms with Crippen LogP contribution >= 0.6 is 0 Å². The lowest BCUT2D eigenvalue weighted by atomic mass is 10.1. The van der Waals surface area contributed by atoms with Crippen LogP contribution in [-0.4, -0.2) is 29.0 Å². The van der Waals surface area contributed by atoms with Gasteiger partial charge in [-0.3, -0.25) is 5.32 Å². The largest absolute Gasteiger partial charge is 0.503 e. The first-order valence-electron chi connectivity index (χ1n) is 6.23. The summed E-state index contributed by atoms with van der Waals surface area (Å²) in [6.07, 6.45) is -1.46. The maximum atomic E-state index is 11.7. The van der Waals surface area contributed by atoms with Gasteiger partial charge in [0.05, 0.1) is 18.9 Å². The fraction of sp³-hybridized carbons (Fsp3) is 0.500. The number of anilines is 1. The Labute approximate surface area is 118 Å². The number of rotatable bonds is 3. The number of methoxy groups -OCH3 is 1. The van der Waals surface area contributed by atoms with Crippen LogP contribution in [0.15, 0.2) is 12.1 Å². The van der Waals surface area contributed by atoms with Gasteiger partial charge in [0.15, 0.2) is 11.5 Å². The van der Waals surface area contributed by atoms with Crippen molar-refractivity contribution in [3.63, 3.8) is 0 Å². The van der Waals surface area contributed by atoms with Gasteiger partial charge in [0.25, 0.3) is 0 Å². The number of nitrogens with one attached hydrogen (secondary N) is 1. The van der Waals surface area contributed by atoms with Crippen molar-refractivity contribution >= 4 is 11.8 Å². The van der Waals surface area contributed by atoms with Crippen molar-refractivity contribution in [2.75, 3.05) is 12.4 Å². The van der Waals surface area contributed by atoms with E-state index in [1.54, 1.807) is 27.7 Å². The van der Waals surface area contributed by atoms with Crippen LogP contribution in [0.1, 0.15) is 39.4 Å². The Morgan fingerprint density at radius 2 is 1.95 bits per heavy atom. The molecule has 0 bridgehead atoms. The summed E-state index contributed by atoms with van der Waals surface area (Å²) in [4.78, 5) is 11.7. The first kappa shape index (κ1) is 16.1. The minimum atomic E-state index is -0.760. The fourth-order valence-electron chi connectivity index (χ4n) is 1.53. The zero-order valence-corrected chi connectivity index (χ0v) is 12.4. The summed E-state index contributed by atoms with van der Waals surface area (Å²) in [5, 5.41) is 22.0. The van der Waals surface area contributed by atoms with E-state index in [1.807, 2.05) is 0 Å². The smallest absolute Gasteiger partial charge is 0.412 e. The van der Waals surface area contributed by atoms with Crippen molar-refractivity contribution in [2.24, 2.45) is 0 Å². The second-order valence-electron chi connectivity index (χ2n) is 5.42. The Hall–Kier alpha value is -1.95. The first-order chi connectivity index (χ1) is 9.14. The number of carbonyl (C=O) groups is 1. The van der Waals surface area contributed by atoms with E-state index < -0.39 is 17.8 Å². The Bertz CT molecular complexity index is 491. The van der Waals surface area contributed by atoms with Gasteiger partial charge in [-0.2, -0.15) is 0 Å². The van der Waals surface area contributed by atoms with Crippen molar-refractivity contribution in [1.82, 2.24) is 0 Å². The zero-order valence-electron chi connectivity index (χ0n) is 12.4. The first-order valence-corrected chi connectivity index (χ1v) is 6.23. The Morgan fingerprint density at radius 3 is 2.40 bits per heavy atom. The minimum Gasteiger partial charge on any atom is -0.503 e. The lowest BCUT2D eigenvalue weighted by Gasteiger charge is -2.20. The second-order valence-corrected chi connectivity index (χ2v) is 5.42. The van der Waals surface area contributed by atoms with Crippen molar-refractivity contribution in [1.29, 1.82) is 0 Å². The number of hydrogen-bond donors (Lipinski definition) is 3. The third kappa shape index (κ3) is 4.31. The van der Waals surface area contributed by atoms with E-state index in [-0.39, 0.29) is 17.2 Å². The van der Waals surface area contributed by atoms with Crippen LogP contribution < -0.4 is 10.1 Å². The highest BCUT2D eigenvalue weighted by molar-refractivity contribution is 5.88. The van der Waals surface area contributed by atoms with E-state index in [0.717, 1.165) is 0 Å². The van der Waals surface area contributed by atoms with Gasteiger partial charge in [0, 0.05) is 0 Å². The van der Waals surface area contributed by atoms with Gasteiger partial charge < -0.3 is 19.7 Å². The van der Waals surface area contributed by atoms with Gasteiger partial charge in [0.2, 0.25) is 0 Å². The molecule has 0 fully saturated rings. The summed E-state index contributed by atoms with van der Waals surface area (Å²) in [5.41, 5.74) is -0.0220. The molecule has 0 unspecified atom stereocenters. The molecule has 0 aliphatic rings. The Balaban J connectivity index is 3.05. The summed E-state index contributed by atoms with van der Waals surface area (Å²) in [5.74, 6) is -0.0581. The molecule has 0 aliphatic heterocycles. The van der Waals surface area contributed by atoms with Crippen LogP contribution in [0.3, 0.4) is 0 Å². The number of ether oxygens (including phenoxy) is 2. The monoisotopic (exact) mass is 283 g/mol. The van der Waals surface area contributed by atoms with Gasteiger partial charge in [-0.25, -0.2) is 4.79 Å². The van der Waals surface area contributed by atoms with Crippen molar-refractivity contribution in [2.45, 2.75) is 39.4 Å². The maximum absolute atomic E-state index is 11.7. The van der Waals surface area contributed by atoms with Crippen LogP contribution in [0.2, 0.25) is 0 Å². The van der Waals surface area contributed by atoms with Gasteiger partial charge >= 0.3 is 6.09 Å². The number of benzene rings is 1. The number of carbonyl (C=O) groups excluding carboxylic acids is 1. The molecule has 1 rings (SSSR count). The number of phenolic OH excluding ortho intramolecular Hbond substituents is 1. The van der Waals surface area contributed by atoms with Crippen LogP contribution in [0.5, 0.6) is 11.5 Å². The Kier molecular flexibility index (Phi) is 4.83. The van der Waals surface area contributed by atoms with Crippen molar-refractivity contribution < 1.29 is 24.5 Å². The maximum Gasteiger partial charge on any atom is 0.412 e. The Morgan fingerprint density at radius 1 is 1.35 bits per heavy atom. The van der Waals surface area contributed by atoms with Gasteiger partial charge in [-0.05, 0) is 45.4 Å². The molecule has 1 amide bonds. The summed E-state index contributed by atoms with van der Waals surface area (Å²) in [6.45, 7) is 6.78. The standard InChI is InChI=1S/C14H21NO5/c1-8(16)9-6-10(12(17)11(7-9)19-5)15-13(18)20-14(2,3)4/h6-8,16-17H,1-5H3,(H,15,18)/t8-/m1/s1. The SMILES string of the molecule is COc1cc([C@@H](C)O)cc(NC(=O)OC(C)(C)C)c1O. The number of aliphatic hydroxyl groups excluding tert-OH is 1. The van der Waals surface area contributed by atoms with E-state index in [4.69, 9.17) is 9.47 Å². The molecule has 0 spiro atoms. The zero-order chi connectivity index (χ0) is 15.5. The molecule has 1 atom stereocenters. The van der Waals surface area contributed by atoms with Crippen LogP contribution in [0.4, 0.5) is 10.5 Å². The van der Waals surface area contributed by atoms with Crippen molar-refractivity contribution in [3.8, 4) is 11.5 Å². The molecule has 1 aromatic carbocycles. The van der Waals surface area contributed by atoms with E-state index in [9.17, 15) is 15.0 Å². The predicted octanol–water partition coefficient (Wildman–Crippen LogP) is 2.80. The number of hydrogen-bond acceptors (Lipinski definition) is 5. The van der Waals surface area contributed by atoms with E-state index in [1.165, 1.54) is 19.2 Å². The second kappa shape index (κ2) is 6.00. The molecule has 0 saturated heterocycles. The summed E-state index contributed by atoms with van der Waals surface area (Å²) in [7, 11) is 1.39. The number of amides is 1. The van der Waals surface area contributed by atoms with E-state index >= 15 is 0 Å². The van der Waals surface area contributed by atoms with Crippen LogP contribution in [0.25, 0.3) is 0 Å². The average molecular weight is 283 g/mol. The lowest BCUT2D eigenvalue weighted by Crippen LogP contribution is -2.27. The molecule has 0 radical (unpaired) electrons. The minimum absolute atomic E-state index is 0.120. The van der Waals surface area contributed by atoms with Gasteiger partial charge in [-0.1, -0.05) is 0 Å².